The van der Waals surface area contributed by atoms with Crippen LogP contribution in [0.3, 0.4) is 0 Å². The number of benzene rings is 1. The molecule has 3 nitrogen and oxygen atoms in total. The number of rotatable bonds is 5. The van der Waals surface area contributed by atoms with E-state index in [1.165, 1.54) is 32.1 Å². The van der Waals surface area contributed by atoms with Gasteiger partial charge in [0.2, 0.25) is 0 Å². The van der Waals surface area contributed by atoms with Gasteiger partial charge in [0.05, 0.1) is 5.56 Å². The highest BCUT2D eigenvalue weighted by molar-refractivity contribution is 6.31. The van der Waals surface area contributed by atoms with Crippen molar-refractivity contribution in [1.82, 2.24) is 5.32 Å². The zero-order valence-electron chi connectivity index (χ0n) is 12.0. The molecule has 1 aromatic carbocycles. The van der Waals surface area contributed by atoms with Crippen LogP contribution in [0.5, 0.6) is 0 Å². The first-order valence-electron chi connectivity index (χ1n) is 7.52. The van der Waals surface area contributed by atoms with Gasteiger partial charge < -0.3 is 10.6 Å². The van der Waals surface area contributed by atoms with Gasteiger partial charge in [-0.25, -0.2) is 0 Å². The topological polar surface area (TPSA) is 41.1 Å². The van der Waals surface area contributed by atoms with Crippen molar-refractivity contribution in [3.63, 3.8) is 0 Å². The van der Waals surface area contributed by atoms with Crippen LogP contribution >= 0.6 is 11.6 Å². The molecule has 1 aromatic rings. The first kappa shape index (κ1) is 15.2. The average Bonchev–Trinajstić information content (AvgIpc) is 2.48. The summed E-state index contributed by atoms with van der Waals surface area (Å²) in [5, 5.41) is 6.85. The van der Waals surface area contributed by atoms with Gasteiger partial charge in [-0.1, -0.05) is 30.9 Å². The highest BCUT2D eigenvalue weighted by Crippen LogP contribution is 2.24. The lowest BCUT2D eigenvalue weighted by Gasteiger charge is -2.22. The van der Waals surface area contributed by atoms with Crippen molar-refractivity contribution in [2.24, 2.45) is 5.92 Å². The Labute approximate surface area is 126 Å². The number of carbonyl (C=O) groups is 1. The molecule has 1 fully saturated rings. The summed E-state index contributed by atoms with van der Waals surface area (Å²) < 4.78 is 0. The minimum Gasteiger partial charge on any atom is -0.385 e. The number of carbonyl (C=O) groups excluding carboxylic acids is 1. The van der Waals surface area contributed by atoms with E-state index < -0.39 is 0 Å². The summed E-state index contributed by atoms with van der Waals surface area (Å²) in [5.41, 5.74) is 1.48. The molecule has 1 aliphatic rings. The van der Waals surface area contributed by atoms with Gasteiger partial charge in [-0.15, -0.1) is 0 Å². The lowest BCUT2D eigenvalue weighted by molar-refractivity contribution is 0.0944. The van der Waals surface area contributed by atoms with Crippen molar-refractivity contribution in [1.29, 1.82) is 0 Å². The molecule has 2 rings (SSSR count). The minimum absolute atomic E-state index is 0.0333. The summed E-state index contributed by atoms with van der Waals surface area (Å²) in [5.74, 6) is 0.600. The monoisotopic (exact) mass is 294 g/mol. The standard InChI is InChI=1S/C16H23ClN2O/c1-2-18-15-9-8-13(17)10-14(15)16(20)19-11-12-6-4-3-5-7-12/h8-10,12,18H,2-7,11H2,1H3,(H,19,20). The van der Waals surface area contributed by atoms with E-state index in [1.54, 1.807) is 12.1 Å². The third-order valence-corrected chi connectivity index (χ3v) is 4.10. The van der Waals surface area contributed by atoms with E-state index in [2.05, 4.69) is 10.6 Å². The molecule has 0 radical (unpaired) electrons. The molecule has 0 aromatic heterocycles. The Hall–Kier alpha value is -1.22. The molecule has 0 unspecified atom stereocenters. The number of amides is 1. The first-order chi connectivity index (χ1) is 9.70. The van der Waals surface area contributed by atoms with Crippen LogP contribution in [0.15, 0.2) is 18.2 Å². The fourth-order valence-corrected chi connectivity index (χ4v) is 2.94. The van der Waals surface area contributed by atoms with Gasteiger partial charge in [-0.3, -0.25) is 4.79 Å². The van der Waals surface area contributed by atoms with Crippen molar-refractivity contribution in [2.45, 2.75) is 39.0 Å². The van der Waals surface area contributed by atoms with Crippen molar-refractivity contribution in [3.8, 4) is 0 Å². The molecule has 0 aliphatic heterocycles. The van der Waals surface area contributed by atoms with Gasteiger partial charge in [-0.2, -0.15) is 0 Å². The van der Waals surface area contributed by atoms with Crippen molar-refractivity contribution < 1.29 is 4.79 Å². The fourth-order valence-electron chi connectivity index (χ4n) is 2.77. The molecule has 110 valence electrons. The Morgan fingerprint density at radius 3 is 2.75 bits per heavy atom. The quantitative estimate of drug-likeness (QED) is 0.859. The molecule has 2 N–H and O–H groups in total. The average molecular weight is 295 g/mol. The van der Waals surface area contributed by atoms with Crippen molar-refractivity contribution in [3.05, 3.63) is 28.8 Å². The van der Waals surface area contributed by atoms with E-state index in [4.69, 9.17) is 11.6 Å². The maximum absolute atomic E-state index is 12.3. The van der Waals surface area contributed by atoms with E-state index in [9.17, 15) is 4.79 Å². The molecule has 1 saturated carbocycles. The fraction of sp³-hybridized carbons (Fsp3) is 0.562. The van der Waals surface area contributed by atoms with Crippen molar-refractivity contribution >= 4 is 23.2 Å². The van der Waals surface area contributed by atoms with E-state index in [-0.39, 0.29) is 5.91 Å². The molecular weight excluding hydrogens is 272 g/mol. The smallest absolute Gasteiger partial charge is 0.253 e. The maximum Gasteiger partial charge on any atom is 0.253 e. The summed E-state index contributed by atoms with van der Waals surface area (Å²) >= 11 is 6.00. The summed E-state index contributed by atoms with van der Waals surface area (Å²) in [4.78, 5) is 12.3. The van der Waals surface area contributed by atoms with Crippen molar-refractivity contribution in [2.75, 3.05) is 18.4 Å². The van der Waals surface area contributed by atoms with Gasteiger partial charge in [0.15, 0.2) is 0 Å². The van der Waals surface area contributed by atoms with Crippen LogP contribution in [0.1, 0.15) is 49.4 Å². The predicted octanol–water partition coefficient (Wildman–Crippen LogP) is 4.08. The Balaban J connectivity index is 1.98. The number of hydrogen-bond donors (Lipinski definition) is 2. The predicted molar refractivity (Wildman–Crippen MR) is 84.5 cm³/mol. The van der Waals surface area contributed by atoms with Crippen LogP contribution in [0.25, 0.3) is 0 Å². The van der Waals surface area contributed by atoms with Gasteiger partial charge in [-0.05, 0) is 43.9 Å². The van der Waals surface area contributed by atoms with Gasteiger partial charge in [0, 0.05) is 23.8 Å². The molecule has 0 atom stereocenters. The molecular formula is C16H23ClN2O. The Morgan fingerprint density at radius 2 is 2.05 bits per heavy atom. The minimum atomic E-state index is -0.0333. The number of hydrogen-bond acceptors (Lipinski definition) is 2. The van der Waals surface area contributed by atoms with Crippen LogP contribution in [0, 0.1) is 5.92 Å². The SMILES string of the molecule is CCNc1ccc(Cl)cc1C(=O)NCC1CCCCC1. The molecule has 0 saturated heterocycles. The van der Waals surface area contributed by atoms with Crippen LogP contribution in [0.4, 0.5) is 5.69 Å². The van der Waals surface area contributed by atoms with E-state index in [0.717, 1.165) is 18.8 Å². The summed E-state index contributed by atoms with van der Waals surface area (Å²) in [6.45, 7) is 3.57. The van der Waals surface area contributed by atoms with Gasteiger partial charge >= 0.3 is 0 Å². The Kier molecular flexibility index (Phi) is 5.72. The molecule has 4 heteroatoms. The zero-order valence-corrected chi connectivity index (χ0v) is 12.8. The highest BCUT2D eigenvalue weighted by atomic mass is 35.5. The second-order valence-corrected chi connectivity index (χ2v) is 5.87. The second kappa shape index (κ2) is 7.53. The van der Waals surface area contributed by atoms with Crippen LogP contribution in [0.2, 0.25) is 5.02 Å². The van der Waals surface area contributed by atoms with E-state index in [0.29, 0.717) is 16.5 Å². The summed E-state index contributed by atoms with van der Waals surface area (Å²) in [6, 6.07) is 5.40. The Morgan fingerprint density at radius 1 is 1.30 bits per heavy atom. The zero-order chi connectivity index (χ0) is 14.4. The highest BCUT2D eigenvalue weighted by Gasteiger charge is 2.16. The third-order valence-electron chi connectivity index (χ3n) is 3.87. The molecule has 0 spiro atoms. The number of nitrogens with one attached hydrogen (secondary N) is 2. The van der Waals surface area contributed by atoms with E-state index in [1.807, 2.05) is 13.0 Å². The maximum atomic E-state index is 12.3. The molecule has 1 aliphatic carbocycles. The van der Waals surface area contributed by atoms with Crippen LogP contribution in [-0.4, -0.2) is 19.0 Å². The Bertz CT molecular complexity index is 456. The summed E-state index contributed by atoms with van der Waals surface area (Å²) in [7, 11) is 0. The van der Waals surface area contributed by atoms with Gasteiger partial charge in [0.25, 0.3) is 5.91 Å². The lowest BCUT2D eigenvalue weighted by atomic mass is 9.89. The molecule has 0 bridgehead atoms. The number of halogens is 1. The normalized spacial score (nSPS) is 15.9. The lowest BCUT2D eigenvalue weighted by Crippen LogP contribution is -2.30. The van der Waals surface area contributed by atoms with Gasteiger partial charge in [0.1, 0.15) is 0 Å². The van der Waals surface area contributed by atoms with Crippen LogP contribution < -0.4 is 10.6 Å². The third kappa shape index (κ3) is 4.14. The number of anilines is 1. The second-order valence-electron chi connectivity index (χ2n) is 5.43. The summed E-state index contributed by atoms with van der Waals surface area (Å²) in [6.07, 6.45) is 6.38. The molecule has 20 heavy (non-hydrogen) atoms. The van der Waals surface area contributed by atoms with E-state index >= 15 is 0 Å². The molecule has 0 heterocycles. The molecule has 1 amide bonds. The largest absolute Gasteiger partial charge is 0.385 e. The van der Waals surface area contributed by atoms with Crippen LogP contribution in [-0.2, 0) is 0 Å². The first-order valence-corrected chi connectivity index (χ1v) is 7.90.